The van der Waals surface area contributed by atoms with Crippen molar-refractivity contribution in [2.75, 3.05) is 11.9 Å². The van der Waals surface area contributed by atoms with Crippen molar-refractivity contribution >= 4 is 39.3 Å². The first kappa shape index (κ1) is 15.3. The summed E-state index contributed by atoms with van der Waals surface area (Å²) < 4.78 is 0.918. The van der Waals surface area contributed by atoms with E-state index in [0.717, 1.165) is 10.9 Å². The topological polar surface area (TPSA) is 66.5 Å². The minimum atomic E-state index is -0.340. The number of likely N-dealkylation sites (tertiary alicyclic amines) is 1. The number of rotatable bonds is 3. The number of amides is 3. The van der Waals surface area contributed by atoms with Gasteiger partial charge in [0.1, 0.15) is 6.54 Å². The molecule has 1 aromatic rings. The second kappa shape index (κ2) is 5.27. The van der Waals surface area contributed by atoms with Gasteiger partial charge in [-0.2, -0.15) is 0 Å². The molecule has 2 bridgehead atoms. The van der Waals surface area contributed by atoms with Crippen LogP contribution < -0.4 is 5.32 Å². The summed E-state index contributed by atoms with van der Waals surface area (Å²) in [5, 5.41) is 2.75. The van der Waals surface area contributed by atoms with E-state index in [1.54, 1.807) is 12.1 Å². The van der Waals surface area contributed by atoms with E-state index >= 15 is 0 Å². The number of nitrogens with zero attached hydrogens (tertiary/aromatic N) is 1. The van der Waals surface area contributed by atoms with Crippen LogP contribution in [0.25, 0.3) is 0 Å². The number of anilines is 1. The zero-order valence-corrected chi connectivity index (χ0v) is 15.0. The molecule has 0 unspecified atom stereocenters. The number of halogens is 1. The first-order valence-corrected chi connectivity index (χ1v) is 9.43. The minimum Gasteiger partial charge on any atom is -0.325 e. The summed E-state index contributed by atoms with van der Waals surface area (Å²) in [6, 6.07) is 7.19. The SMILES string of the molecule is O=C(CN1C(=O)[C@@H]2[C@@H]3C=C[C@H]([C@H]4C[C@H]34)[C@@H]2C1=O)Nc1ccc(Br)cc1. The molecule has 6 heteroatoms. The van der Waals surface area contributed by atoms with Crippen LogP contribution in [0, 0.1) is 35.5 Å². The summed E-state index contributed by atoms with van der Waals surface area (Å²) in [5.74, 6) is 0.379. The van der Waals surface area contributed by atoms with Crippen LogP contribution in [0.1, 0.15) is 6.42 Å². The maximum atomic E-state index is 12.8. The Hall–Kier alpha value is -1.95. The van der Waals surface area contributed by atoms with Crippen LogP contribution >= 0.6 is 15.9 Å². The Morgan fingerprint density at radius 2 is 1.60 bits per heavy atom. The fourth-order valence-electron chi connectivity index (χ4n) is 5.05. The molecule has 3 fully saturated rings. The lowest BCUT2D eigenvalue weighted by Crippen LogP contribution is -2.40. The van der Waals surface area contributed by atoms with E-state index in [-0.39, 0.29) is 47.9 Å². The molecule has 6 atom stereocenters. The molecule has 1 aliphatic heterocycles. The fraction of sp³-hybridized carbons (Fsp3) is 0.421. The molecule has 1 saturated heterocycles. The average molecular weight is 401 g/mol. The standard InChI is InChI=1S/C19H17BrN2O3/c20-9-1-3-10(4-2-9)21-15(23)8-22-18(24)16-11-5-6-12(14-7-13(11)14)17(16)19(22)25/h1-6,11-14,16-17H,7-8H2,(H,21,23)/t11-,12-,13-,14-,16-,17+/m1/s1. The van der Waals surface area contributed by atoms with Gasteiger partial charge < -0.3 is 5.32 Å². The summed E-state index contributed by atoms with van der Waals surface area (Å²) >= 11 is 3.34. The van der Waals surface area contributed by atoms with Crippen molar-refractivity contribution in [2.45, 2.75) is 6.42 Å². The van der Waals surface area contributed by atoms with Gasteiger partial charge >= 0.3 is 0 Å². The molecule has 25 heavy (non-hydrogen) atoms. The van der Waals surface area contributed by atoms with Crippen LogP contribution in [0.3, 0.4) is 0 Å². The van der Waals surface area contributed by atoms with E-state index in [1.165, 1.54) is 4.90 Å². The molecule has 5 aliphatic rings. The Labute approximate surface area is 153 Å². The van der Waals surface area contributed by atoms with Gasteiger partial charge in [0, 0.05) is 10.2 Å². The van der Waals surface area contributed by atoms with Gasteiger partial charge in [0.05, 0.1) is 11.8 Å². The molecule has 0 aromatic heterocycles. The van der Waals surface area contributed by atoms with Crippen molar-refractivity contribution in [2.24, 2.45) is 35.5 Å². The first-order valence-electron chi connectivity index (χ1n) is 8.63. The van der Waals surface area contributed by atoms with Crippen LogP contribution in [0.4, 0.5) is 5.69 Å². The molecule has 2 saturated carbocycles. The quantitative estimate of drug-likeness (QED) is 0.625. The second-order valence-corrected chi connectivity index (χ2v) is 8.39. The number of nitrogens with one attached hydrogen (secondary N) is 1. The molecule has 3 amide bonds. The second-order valence-electron chi connectivity index (χ2n) is 7.47. The molecule has 1 heterocycles. The van der Waals surface area contributed by atoms with E-state index in [4.69, 9.17) is 0 Å². The van der Waals surface area contributed by atoms with Crippen LogP contribution in [0.15, 0.2) is 40.9 Å². The predicted octanol–water partition coefficient (Wildman–Crippen LogP) is 2.44. The number of hydrogen-bond donors (Lipinski definition) is 1. The van der Waals surface area contributed by atoms with Crippen LogP contribution in [0.5, 0.6) is 0 Å². The van der Waals surface area contributed by atoms with Gasteiger partial charge in [0.2, 0.25) is 17.7 Å². The van der Waals surface area contributed by atoms with Gasteiger partial charge in [-0.1, -0.05) is 28.1 Å². The zero-order valence-electron chi connectivity index (χ0n) is 13.4. The largest absolute Gasteiger partial charge is 0.325 e. The number of hydrogen-bond acceptors (Lipinski definition) is 3. The number of benzene rings is 1. The van der Waals surface area contributed by atoms with Crippen molar-refractivity contribution in [1.29, 1.82) is 0 Å². The van der Waals surface area contributed by atoms with E-state index in [1.807, 2.05) is 12.1 Å². The molecule has 1 aromatic carbocycles. The number of carbonyl (C=O) groups is 3. The molecule has 4 aliphatic carbocycles. The number of imide groups is 1. The third-order valence-corrected chi connectivity index (χ3v) is 6.71. The smallest absolute Gasteiger partial charge is 0.244 e. The van der Waals surface area contributed by atoms with Crippen LogP contribution in [0.2, 0.25) is 0 Å². The zero-order chi connectivity index (χ0) is 17.3. The summed E-state index contributed by atoms with van der Waals surface area (Å²) in [7, 11) is 0. The van der Waals surface area contributed by atoms with Gasteiger partial charge in [-0.05, 0) is 54.4 Å². The summed E-state index contributed by atoms with van der Waals surface area (Å²) in [6.45, 7) is -0.199. The van der Waals surface area contributed by atoms with Crippen LogP contribution in [-0.2, 0) is 14.4 Å². The summed E-state index contributed by atoms with van der Waals surface area (Å²) in [6.07, 6.45) is 5.41. The van der Waals surface area contributed by atoms with Gasteiger partial charge in [-0.3, -0.25) is 19.3 Å². The molecule has 128 valence electrons. The van der Waals surface area contributed by atoms with Gasteiger partial charge in [0.15, 0.2) is 0 Å². The fourth-order valence-corrected chi connectivity index (χ4v) is 5.32. The van der Waals surface area contributed by atoms with Crippen molar-refractivity contribution in [3.05, 3.63) is 40.9 Å². The lowest BCUT2D eigenvalue weighted by Gasteiger charge is -2.37. The molecular weight excluding hydrogens is 384 g/mol. The van der Waals surface area contributed by atoms with Crippen LogP contribution in [-0.4, -0.2) is 29.2 Å². The van der Waals surface area contributed by atoms with Gasteiger partial charge in [0.25, 0.3) is 0 Å². The molecule has 5 nitrogen and oxygen atoms in total. The van der Waals surface area contributed by atoms with Gasteiger partial charge in [-0.25, -0.2) is 0 Å². The van der Waals surface area contributed by atoms with Crippen molar-refractivity contribution in [1.82, 2.24) is 4.90 Å². The van der Waals surface area contributed by atoms with Crippen molar-refractivity contribution in [3.63, 3.8) is 0 Å². The molecule has 0 spiro atoms. The molecule has 6 rings (SSSR count). The maximum absolute atomic E-state index is 12.8. The highest BCUT2D eigenvalue weighted by atomic mass is 79.9. The number of allylic oxidation sites excluding steroid dienone is 2. The maximum Gasteiger partial charge on any atom is 0.244 e. The Kier molecular flexibility index (Phi) is 3.23. The lowest BCUT2D eigenvalue weighted by molar-refractivity contribution is -0.142. The molecule has 1 N–H and O–H groups in total. The molecular formula is C19H17BrN2O3. The van der Waals surface area contributed by atoms with Crippen molar-refractivity contribution < 1.29 is 14.4 Å². The summed E-state index contributed by atoms with van der Waals surface area (Å²) in [5.41, 5.74) is 0.646. The Balaban J connectivity index is 1.32. The highest BCUT2D eigenvalue weighted by Gasteiger charge is 2.67. The van der Waals surface area contributed by atoms with Crippen molar-refractivity contribution in [3.8, 4) is 0 Å². The van der Waals surface area contributed by atoms with E-state index < -0.39 is 0 Å². The first-order chi connectivity index (χ1) is 12.0. The monoisotopic (exact) mass is 400 g/mol. The molecule has 0 radical (unpaired) electrons. The number of carbonyl (C=O) groups excluding carboxylic acids is 3. The average Bonchev–Trinajstić information content (AvgIpc) is 3.38. The van der Waals surface area contributed by atoms with E-state index in [0.29, 0.717) is 17.5 Å². The van der Waals surface area contributed by atoms with E-state index in [2.05, 4.69) is 33.4 Å². The third-order valence-electron chi connectivity index (χ3n) is 6.18. The summed E-state index contributed by atoms with van der Waals surface area (Å²) in [4.78, 5) is 39.1. The lowest BCUT2D eigenvalue weighted by atomic mass is 9.63. The minimum absolute atomic E-state index is 0.161. The van der Waals surface area contributed by atoms with E-state index in [9.17, 15) is 14.4 Å². The third kappa shape index (κ3) is 2.23. The van der Waals surface area contributed by atoms with Gasteiger partial charge in [-0.15, -0.1) is 0 Å². The predicted molar refractivity (Wildman–Crippen MR) is 94.2 cm³/mol. The normalized spacial score (nSPS) is 37.1. The highest BCUT2D eigenvalue weighted by molar-refractivity contribution is 9.10. The Morgan fingerprint density at radius 1 is 1.04 bits per heavy atom. The Morgan fingerprint density at radius 3 is 2.16 bits per heavy atom. The Bertz CT molecular complexity index is 782. The highest BCUT2D eigenvalue weighted by Crippen LogP contribution is 2.65.